The van der Waals surface area contributed by atoms with E-state index in [4.69, 9.17) is 0 Å². The predicted molar refractivity (Wildman–Crippen MR) is 101 cm³/mol. The number of hydrogen-bond acceptors (Lipinski definition) is 4. The van der Waals surface area contributed by atoms with Gasteiger partial charge >= 0.3 is 0 Å². The number of piperazine rings is 1. The van der Waals surface area contributed by atoms with Crippen LogP contribution in [0.3, 0.4) is 0 Å². The topological polar surface area (TPSA) is 82.9 Å². The zero-order valence-electron chi connectivity index (χ0n) is 15.6. The van der Waals surface area contributed by atoms with Crippen molar-refractivity contribution in [3.8, 4) is 0 Å². The molecule has 0 atom stereocenters. The molecule has 0 saturated carbocycles. The zero-order valence-corrected chi connectivity index (χ0v) is 15.6. The molecule has 7 heteroatoms. The Kier molecular flexibility index (Phi) is 7.59. The fraction of sp³-hybridized carbons (Fsp3) is 0.526. The molecule has 1 heterocycles. The Morgan fingerprint density at radius 3 is 2.27 bits per heavy atom. The molecule has 3 N–H and O–H groups in total. The number of Topliss-reactive ketones (excluding diaryl/α,β-unsaturated/α-hetero) is 1. The number of carbonyl (C=O) groups is 3. The maximum atomic E-state index is 12.0. The van der Waals surface area contributed by atoms with Gasteiger partial charge in [-0.2, -0.15) is 0 Å². The van der Waals surface area contributed by atoms with Crippen molar-refractivity contribution in [1.82, 2.24) is 10.6 Å². The largest absolute Gasteiger partial charge is 0.360 e. The molecule has 2 rings (SSSR count). The van der Waals surface area contributed by atoms with Crippen LogP contribution < -0.4 is 20.4 Å². The van der Waals surface area contributed by atoms with Crippen molar-refractivity contribution in [2.24, 2.45) is 0 Å². The summed E-state index contributed by atoms with van der Waals surface area (Å²) in [6, 6.07) is 7.66. The summed E-state index contributed by atoms with van der Waals surface area (Å²) in [7, 11) is 0. The van der Waals surface area contributed by atoms with E-state index in [-0.39, 0.29) is 24.1 Å². The summed E-state index contributed by atoms with van der Waals surface area (Å²) in [6.07, 6.45) is 0.881. The average Bonchev–Trinajstić information content (AvgIpc) is 2.65. The number of rotatable bonds is 8. The molecule has 0 aromatic heterocycles. The van der Waals surface area contributed by atoms with E-state index in [9.17, 15) is 14.4 Å². The first kappa shape index (κ1) is 19.9. The smallest absolute Gasteiger partial charge is 0.275 e. The number of anilines is 1. The van der Waals surface area contributed by atoms with Gasteiger partial charge in [-0.3, -0.25) is 14.4 Å². The minimum absolute atomic E-state index is 0.0424. The van der Waals surface area contributed by atoms with Gasteiger partial charge < -0.3 is 20.4 Å². The second kappa shape index (κ2) is 9.91. The third-order valence-corrected chi connectivity index (χ3v) is 4.54. The van der Waals surface area contributed by atoms with Crippen molar-refractivity contribution in [1.29, 1.82) is 0 Å². The van der Waals surface area contributed by atoms with Crippen molar-refractivity contribution >= 4 is 23.3 Å². The standard InChI is InChI=1S/C19H28N4O3/c1-3-8-20-18(25)13-21-19(26)14-22-9-11-23(12-10-22)17-6-4-16(5-7-17)15(2)24/h4-7H,3,8-14H2,1-2H3,(H,20,25)(H,21,26)/p+1. The van der Waals surface area contributed by atoms with E-state index in [1.54, 1.807) is 6.92 Å². The summed E-state index contributed by atoms with van der Waals surface area (Å²) >= 11 is 0. The first-order valence-corrected chi connectivity index (χ1v) is 9.22. The monoisotopic (exact) mass is 361 g/mol. The van der Waals surface area contributed by atoms with Gasteiger partial charge in [0.05, 0.1) is 32.7 Å². The highest BCUT2D eigenvalue weighted by molar-refractivity contribution is 5.94. The van der Waals surface area contributed by atoms with E-state index in [0.29, 0.717) is 13.1 Å². The highest BCUT2D eigenvalue weighted by Crippen LogP contribution is 2.15. The van der Waals surface area contributed by atoms with Crippen LogP contribution in [0.5, 0.6) is 0 Å². The van der Waals surface area contributed by atoms with Crippen LogP contribution in [0.15, 0.2) is 24.3 Å². The van der Waals surface area contributed by atoms with Gasteiger partial charge in [0.2, 0.25) is 5.91 Å². The minimum atomic E-state index is -0.144. The molecule has 0 bridgehead atoms. The molecular formula is C19H29N4O3+. The van der Waals surface area contributed by atoms with Gasteiger partial charge in [0.1, 0.15) is 0 Å². The molecule has 0 unspecified atom stereocenters. The Morgan fingerprint density at radius 1 is 1.04 bits per heavy atom. The first-order valence-electron chi connectivity index (χ1n) is 9.22. The molecule has 1 aliphatic rings. The minimum Gasteiger partial charge on any atom is -0.360 e. The van der Waals surface area contributed by atoms with E-state index in [0.717, 1.165) is 43.9 Å². The summed E-state index contributed by atoms with van der Waals surface area (Å²) in [5, 5.41) is 5.42. The van der Waals surface area contributed by atoms with Gasteiger partial charge in [-0.25, -0.2) is 0 Å². The van der Waals surface area contributed by atoms with E-state index in [1.165, 1.54) is 4.90 Å². The quantitative estimate of drug-likeness (QED) is 0.532. The Balaban J connectivity index is 1.71. The molecular weight excluding hydrogens is 332 g/mol. The molecule has 1 saturated heterocycles. The number of nitrogens with one attached hydrogen (secondary N) is 3. The van der Waals surface area contributed by atoms with Gasteiger partial charge in [0.25, 0.3) is 5.91 Å². The van der Waals surface area contributed by atoms with Crippen LogP contribution in [-0.2, 0) is 9.59 Å². The predicted octanol–water partition coefficient (Wildman–Crippen LogP) is -0.763. The molecule has 1 aliphatic heterocycles. The van der Waals surface area contributed by atoms with Gasteiger partial charge in [-0.15, -0.1) is 0 Å². The summed E-state index contributed by atoms with van der Waals surface area (Å²) in [5.74, 6) is -0.167. The number of nitrogens with zero attached hydrogens (tertiary/aromatic N) is 1. The highest BCUT2D eigenvalue weighted by Gasteiger charge is 2.22. The van der Waals surface area contributed by atoms with Crippen LogP contribution in [0.25, 0.3) is 0 Å². The van der Waals surface area contributed by atoms with E-state index >= 15 is 0 Å². The van der Waals surface area contributed by atoms with Crippen molar-refractivity contribution in [2.75, 3.05) is 50.7 Å². The molecule has 26 heavy (non-hydrogen) atoms. The summed E-state index contributed by atoms with van der Waals surface area (Å²) in [5.41, 5.74) is 1.82. The fourth-order valence-corrected chi connectivity index (χ4v) is 2.96. The molecule has 1 aromatic carbocycles. The molecule has 1 fully saturated rings. The normalized spacial score (nSPS) is 14.8. The molecule has 1 aromatic rings. The number of amides is 2. The van der Waals surface area contributed by atoms with Crippen molar-refractivity contribution in [2.45, 2.75) is 20.3 Å². The number of ketones is 1. The first-order chi connectivity index (χ1) is 12.5. The van der Waals surface area contributed by atoms with Crippen LogP contribution in [0, 0.1) is 0 Å². The van der Waals surface area contributed by atoms with Crippen molar-refractivity contribution in [3.63, 3.8) is 0 Å². The van der Waals surface area contributed by atoms with E-state index in [2.05, 4.69) is 15.5 Å². The van der Waals surface area contributed by atoms with Gasteiger partial charge in [-0.1, -0.05) is 6.92 Å². The lowest BCUT2D eigenvalue weighted by molar-refractivity contribution is -0.892. The Labute approximate surface area is 154 Å². The maximum absolute atomic E-state index is 12.0. The fourth-order valence-electron chi connectivity index (χ4n) is 2.96. The van der Waals surface area contributed by atoms with Crippen molar-refractivity contribution < 1.29 is 19.3 Å². The lowest BCUT2D eigenvalue weighted by atomic mass is 10.1. The molecule has 0 radical (unpaired) electrons. The van der Waals surface area contributed by atoms with E-state index < -0.39 is 0 Å². The van der Waals surface area contributed by atoms with Crippen molar-refractivity contribution in [3.05, 3.63) is 29.8 Å². The number of hydrogen-bond donors (Lipinski definition) is 3. The van der Waals surface area contributed by atoms with E-state index in [1.807, 2.05) is 31.2 Å². The second-order valence-electron chi connectivity index (χ2n) is 6.64. The lowest BCUT2D eigenvalue weighted by Gasteiger charge is -2.33. The Bertz CT molecular complexity index is 622. The molecule has 7 nitrogen and oxygen atoms in total. The molecule has 2 amide bonds. The highest BCUT2D eigenvalue weighted by atomic mass is 16.2. The van der Waals surface area contributed by atoms with Crippen LogP contribution in [0.4, 0.5) is 5.69 Å². The summed E-state index contributed by atoms with van der Waals surface area (Å²) < 4.78 is 0. The summed E-state index contributed by atoms with van der Waals surface area (Å²) in [6.45, 7) is 8.06. The lowest BCUT2D eigenvalue weighted by Crippen LogP contribution is -3.16. The van der Waals surface area contributed by atoms with Crippen LogP contribution in [0.2, 0.25) is 0 Å². The second-order valence-corrected chi connectivity index (χ2v) is 6.64. The average molecular weight is 361 g/mol. The van der Waals surface area contributed by atoms with Gasteiger partial charge in [-0.05, 0) is 37.6 Å². The molecule has 0 aliphatic carbocycles. The number of benzene rings is 1. The molecule has 142 valence electrons. The van der Waals surface area contributed by atoms with Gasteiger partial charge in [0, 0.05) is 17.8 Å². The zero-order chi connectivity index (χ0) is 18.9. The molecule has 0 spiro atoms. The summed E-state index contributed by atoms with van der Waals surface area (Å²) in [4.78, 5) is 38.3. The number of carbonyl (C=O) groups excluding carboxylic acids is 3. The van der Waals surface area contributed by atoms with Crippen LogP contribution >= 0.6 is 0 Å². The van der Waals surface area contributed by atoms with Crippen LogP contribution in [0.1, 0.15) is 30.6 Å². The Hall–Kier alpha value is -2.41. The third-order valence-electron chi connectivity index (χ3n) is 4.54. The SMILES string of the molecule is CCCNC(=O)CNC(=O)C[NH+]1CCN(c2ccc(C(C)=O)cc2)CC1. The van der Waals surface area contributed by atoms with Gasteiger partial charge in [0.15, 0.2) is 12.3 Å². The van der Waals surface area contributed by atoms with Crippen LogP contribution in [-0.4, -0.2) is 63.4 Å². The Morgan fingerprint density at radius 2 is 1.69 bits per heavy atom. The number of quaternary nitrogens is 1. The third kappa shape index (κ3) is 6.15. The maximum Gasteiger partial charge on any atom is 0.275 e.